The minimum Gasteiger partial charge on any atom is -0.495 e. The SMILES string of the molecule is COc1ccc(Cl)cc1NC(=O)c1cc(Nc2cccc(C(C)=O)c2)ncn1. The van der Waals surface area contributed by atoms with Gasteiger partial charge in [-0.25, -0.2) is 9.97 Å². The van der Waals surface area contributed by atoms with Crippen LogP contribution in [0.25, 0.3) is 0 Å². The number of Topliss-reactive ketones (excluding diaryl/α,β-unsaturated/α-hetero) is 1. The Morgan fingerprint density at radius 2 is 1.89 bits per heavy atom. The molecule has 8 heteroatoms. The van der Waals surface area contributed by atoms with Crippen molar-refractivity contribution in [1.29, 1.82) is 0 Å². The lowest BCUT2D eigenvalue weighted by atomic mass is 10.1. The number of hydrogen-bond donors (Lipinski definition) is 2. The van der Waals surface area contributed by atoms with Crippen LogP contribution in [0.1, 0.15) is 27.8 Å². The minimum absolute atomic E-state index is 0.0399. The van der Waals surface area contributed by atoms with Gasteiger partial charge in [-0.05, 0) is 37.3 Å². The van der Waals surface area contributed by atoms with Crippen LogP contribution < -0.4 is 15.4 Å². The Hall–Kier alpha value is -3.45. The molecule has 7 nitrogen and oxygen atoms in total. The predicted molar refractivity (Wildman–Crippen MR) is 108 cm³/mol. The third kappa shape index (κ3) is 4.63. The molecule has 0 saturated carbocycles. The summed E-state index contributed by atoms with van der Waals surface area (Å²) in [6.07, 6.45) is 1.28. The Balaban J connectivity index is 1.79. The summed E-state index contributed by atoms with van der Waals surface area (Å²) in [7, 11) is 1.50. The first-order valence-electron chi connectivity index (χ1n) is 8.31. The van der Waals surface area contributed by atoms with Crippen molar-refractivity contribution in [3.63, 3.8) is 0 Å². The summed E-state index contributed by atoms with van der Waals surface area (Å²) in [5.41, 5.74) is 1.84. The van der Waals surface area contributed by atoms with Gasteiger partial charge in [0.25, 0.3) is 5.91 Å². The van der Waals surface area contributed by atoms with Crippen LogP contribution in [0.5, 0.6) is 5.75 Å². The molecular formula is C20H17ClN4O3. The second-order valence-corrected chi connectivity index (χ2v) is 6.29. The number of carbonyl (C=O) groups excluding carboxylic acids is 2. The first-order valence-corrected chi connectivity index (χ1v) is 8.69. The summed E-state index contributed by atoms with van der Waals surface area (Å²) in [6, 6.07) is 13.4. The van der Waals surface area contributed by atoms with E-state index >= 15 is 0 Å². The van der Waals surface area contributed by atoms with E-state index in [9.17, 15) is 9.59 Å². The average molecular weight is 397 g/mol. The highest BCUT2D eigenvalue weighted by molar-refractivity contribution is 6.31. The molecule has 1 heterocycles. The van der Waals surface area contributed by atoms with Crippen molar-refractivity contribution in [3.8, 4) is 5.75 Å². The Kier molecular flexibility index (Phi) is 5.86. The fraction of sp³-hybridized carbons (Fsp3) is 0.100. The van der Waals surface area contributed by atoms with Crippen LogP contribution in [0.3, 0.4) is 0 Å². The molecule has 0 aliphatic carbocycles. The molecule has 0 atom stereocenters. The number of ketones is 1. The fourth-order valence-corrected chi connectivity index (χ4v) is 2.65. The molecule has 0 spiro atoms. The Morgan fingerprint density at radius 1 is 1.07 bits per heavy atom. The van der Waals surface area contributed by atoms with Gasteiger partial charge in [0.1, 0.15) is 23.6 Å². The minimum atomic E-state index is -0.441. The second-order valence-electron chi connectivity index (χ2n) is 5.85. The van der Waals surface area contributed by atoms with Gasteiger partial charge in [-0.1, -0.05) is 23.7 Å². The highest BCUT2D eigenvalue weighted by atomic mass is 35.5. The molecule has 28 heavy (non-hydrogen) atoms. The summed E-state index contributed by atoms with van der Waals surface area (Å²) in [4.78, 5) is 32.2. The van der Waals surface area contributed by atoms with E-state index in [2.05, 4.69) is 20.6 Å². The van der Waals surface area contributed by atoms with E-state index in [0.717, 1.165) is 0 Å². The van der Waals surface area contributed by atoms with E-state index in [1.54, 1.807) is 42.5 Å². The van der Waals surface area contributed by atoms with E-state index in [1.165, 1.54) is 26.4 Å². The molecule has 0 aliphatic heterocycles. The van der Waals surface area contributed by atoms with Crippen LogP contribution >= 0.6 is 11.6 Å². The zero-order valence-corrected chi connectivity index (χ0v) is 15.9. The molecule has 3 rings (SSSR count). The maximum Gasteiger partial charge on any atom is 0.274 e. The van der Waals surface area contributed by atoms with Crippen LogP contribution in [-0.2, 0) is 0 Å². The summed E-state index contributed by atoms with van der Waals surface area (Å²) < 4.78 is 5.22. The number of methoxy groups -OCH3 is 1. The van der Waals surface area contributed by atoms with E-state index in [0.29, 0.717) is 33.5 Å². The third-order valence-electron chi connectivity index (χ3n) is 3.85. The van der Waals surface area contributed by atoms with Gasteiger partial charge in [0, 0.05) is 22.3 Å². The first-order chi connectivity index (χ1) is 13.5. The van der Waals surface area contributed by atoms with Gasteiger partial charge in [0.05, 0.1) is 12.8 Å². The van der Waals surface area contributed by atoms with Crippen molar-refractivity contribution in [2.75, 3.05) is 17.7 Å². The van der Waals surface area contributed by atoms with Gasteiger partial charge in [-0.15, -0.1) is 0 Å². The zero-order chi connectivity index (χ0) is 20.1. The monoisotopic (exact) mass is 396 g/mol. The summed E-state index contributed by atoms with van der Waals surface area (Å²) >= 11 is 5.99. The molecule has 2 aromatic carbocycles. The van der Waals surface area contributed by atoms with E-state index in [-0.39, 0.29) is 11.5 Å². The number of aromatic nitrogens is 2. The molecular weight excluding hydrogens is 380 g/mol. The van der Waals surface area contributed by atoms with Crippen molar-refractivity contribution in [2.45, 2.75) is 6.92 Å². The number of nitrogens with zero attached hydrogens (tertiary/aromatic N) is 2. The molecule has 0 saturated heterocycles. The normalized spacial score (nSPS) is 10.2. The van der Waals surface area contributed by atoms with Crippen LogP contribution in [0.4, 0.5) is 17.2 Å². The molecule has 0 bridgehead atoms. The molecule has 1 amide bonds. The van der Waals surface area contributed by atoms with Crippen LogP contribution in [0.15, 0.2) is 54.9 Å². The molecule has 1 aromatic heterocycles. The summed E-state index contributed by atoms with van der Waals surface area (Å²) in [5.74, 6) is 0.412. The summed E-state index contributed by atoms with van der Waals surface area (Å²) in [6.45, 7) is 1.50. The van der Waals surface area contributed by atoms with Gasteiger partial charge in [0.15, 0.2) is 5.78 Å². The van der Waals surface area contributed by atoms with E-state index in [4.69, 9.17) is 16.3 Å². The number of nitrogens with one attached hydrogen (secondary N) is 2. The number of carbonyl (C=O) groups is 2. The molecule has 0 fully saturated rings. The quantitative estimate of drug-likeness (QED) is 0.602. The molecule has 0 unspecified atom stereocenters. The number of halogens is 1. The van der Waals surface area contributed by atoms with Gasteiger partial charge < -0.3 is 15.4 Å². The van der Waals surface area contributed by atoms with Crippen molar-refractivity contribution in [2.24, 2.45) is 0 Å². The van der Waals surface area contributed by atoms with Gasteiger partial charge in [-0.3, -0.25) is 9.59 Å². The van der Waals surface area contributed by atoms with Crippen LogP contribution in [0.2, 0.25) is 5.02 Å². The van der Waals surface area contributed by atoms with Crippen LogP contribution in [0, 0.1) is 0 Å². The Labute approximate surface area is 166 Å². The van der Waals surface area contributed by atoms with Crippen molar-refractivity contribution in [1.82, 2.24) is 9.97 Å². The number of benzene rings is 2. The molecule has 2 N–H and O–H groups in total. The van der Waals surface area contributed by atoms with E-state index < -0.39 is 5.91 Å². The third-order valence-corrected chi connectivity index (χ3v) is 4.09. The highest BCUT2D eigenvalue weighted by Gasteiger charge is 2.13. The fourth-order valence-electron chi connectivity index (χ4n) is 2.48. The lowest BCUT2D eigenvalue weighted by Gasteiger charge is -2.11. The largest absolute Gasteiger partial charge is 0.495 e. The van der Waals surface area contributed by atoms with Gasteiger partial charge in [-0.2, -0.15) is 0 Å². The highest BCUT2D eigenvalue weighted by Crippen LogP contribution is 2.28. The average Bonchev–Trinajstić information content (AvgIpc) is 2.68. The lowest BCUT2D eigenvalue weighted by Crippen LogP contribution is -2.15. The number of anilines is 3. The topological polar surface area (TPSA) is 93.2 Å². The maximum absolute atomic E-state index is 12.6. The Bertz CT molecular complexity index is 1040. The molecule has 0 radical (unpaired) electrons. The van der Waals surface area contributed by atoms with Gasteiger partial charge in [0.2, 0.25) is 0 Å². The standard InChI is InChI=1S/C20H17ClN4O3/c1-12(26)13-4-3-5-15(8-13)24-19-10-17(22-11-23-19)20(27)25-16-9-14(21)6-7-18(16)28-2/h3-11H,1-2H3,(H,25,27)(H,22,23,24). The molecule has 142 valence electrons. The number of amides is 1. The first kappa shape index (κ1) is 19.3. The Morgan fingerprint density at radius 3 is 2.64 bits per heavy atom. The smallest absolute Gasteiger partial charge is 0.274 e. The van der Waals surface area contributed by atoms with Crippen LogP contribution in [-0.4, -0.2) is 28.8 Å². The molecule has 0 aliphatic rings. The number of hydrogen-bond acceptors (Lipinski definition) is 6. The van der Waals surface area contributed by atoms with E-state index in [1.807, 2.05) is 0 Å². The maximum atomic E-state index is 12.6. The number of rotatable bonds is 6. The van der Waals surface area contributed by atoms with Crippen molar-refractivity contribution < 1.29 is 14.3 Å². The summed E-state index contributed by atoms with van der Waals surface area (Å²) in [5, 5.41) is 6.25. The predicted octanol–water partition coefficient (Wildman–Crippen LogP) is 4.34. The van der Waals surface area contributed by atoms with Crippen molar-refractivity contribution in [3.05, 3.63) is 71.1 Å². The van der Waals surface area contributed by atoms with Crippen molar-refractivity contribution >= 4 is 40.5 Å². The lowest BCUT2D eigenvalue weighted by molar-refractivity contribution is 0.101. The zero-order valence-electron chi connectivity index (χ0n) is 15.2. The molecule has 3 aromatic rings. The number of ether oxygens (including phenoxy) is 1. The van der Waals surface area contributed by atoms with Gasteiger partial charge >= 0.3 is 0 Å². The second kappa shape index (κ2) is 8.49.